The molecule has 0 amide bonds. The zero-order valence-corrected chi connectivity index (χ0v) is 10.8. The number of hydrogen-bond acceptors (Lipinski definition) is 4. The molecule has 0 aliphatic heterocycles. The van der Waals surface area contributed by atoms with Crippen LogP contribution in [-0.4, -0.2) is 36.1 Å². The van der Waals surface area contributed by atoms with Crippen molar-refractivity contribution in [1.29, 1.82) is 0 Å². The Bertz CT molecular complexity index is 390. The predicted molar refractivity (Wildman–Crippen MR) is 67.2 cm³/mol. The molecule has 5 heteroatoms. The summed E-state index contributed by atoms with van der Waals surface area (Å²) in [4.78, 5) is 11.7. The molecular weight excluding hydrogens is 218 g/mol. The van der Waals surface area contributed by atoms with Crippen LogP contribution in [0.1, 0.15) is 18.9 Å². The van der Waals surface area contributed by atoms with Gasteiger partial charge in [-0.2, -0.15) is 5.10 Å². The molecule has 0 saturated carbocycles. The van der Waals surface area contributed by atoms with Crippen molar-refractivity contribution >= 4 is 0 Å². The van der Waals surface area contributed by atoms with Gasteiger partial charge in [0, 0.05) is 13.2 Å². The Morgan fingerprint density at radius 2 is 2.35 bits per heavy atom. The zero-order valence-electron chi connectivity index (χ0n) is 10.8. The van der Waals surface area contributed by atoms with Crippen LogP contribution < -0.4 is 10.9 Å². The number of nitrogens with zero attached hydrogens (tertiary/aromatic N) is 2. The third-order valence-corrected chi connectivity index (χ3v) is 2.45. The summed E-state index contributed by atoms with van der Waals surface area (Å²) < 4.78 is 6.60. The fraction of sp³-hybridized carbons (Fsp3) is 0.667. The molecule has 0 aliphatic rings. The van der Waals surface area contributed by atoms with Gasteiger partial charge in [-0.3, -0.25) is 4.79 Å². The maximum atomic E-state index is 11.7. The Kier molecular flexibility index (Phi) is 5.86. The van der Waals surface area contributed by atoms with E-state index in [1.807, 2.05) is 6.92 Å². The van der Waals surface area contributed by atoms with Gasteiger partial charge in [0.1, 0.15) is 0 Å². The van der Waals surface area contributed by atoms with Crippen LogP contribution in [0.15, 0.2) is 17.1 Å². The van der Waals surface area contributed by atoms with Crippen molar-refractivity contribution in [3.05, 3.63) is 28.2 Å². The van der Waals surface area contributed by atoms with Crippen molar-refractivity contribution in [2.75, 3.05) is 20.3 Å². The van der Waals surface area contributed by atoms with E-state index in [1.54, 1.807) is 19.4 Å². The molecule has 1 heterocycles. The van der Waals surface area contributed by atoms with Crippen molar-refractivity contribution in [2.45, 2.75) is 32.9 Å². The van der Waals surface area contributed by atoms with Crippen LogP contribution in [0.5, 0.6) is 0 Å². The molecule has 1 N–H and O–H groups in total. The first-order chi connectivity index (χ1) is 8.17. The molecule has 0 bridgehead atoms. The third kappa shape index (κ3) is 4.66. The standard InChI is InChI=1S/C12H21N3O2/c1-4-5-13-11(9-17-3)8-15-12(16)6-10(2)7-14-15/h6-7,11,13H,4-5,8-9H2,1-3H3. The summed E-state index contributed by atoms with van der Waals surface area (Å²) in [7, 11) is 1.66. The van der Waals surface area contributed by atoms with Crippen molar-refractivity contribution in [1.82, 2.24) is 15.1 Å². The van der Waals surface area contributed by atoms with Gasteiger partial charge in [0.2, 0.25) is 0 Å². The van der Waals surface area contributed by atoms with Crippen LogP contribution in [0, 0.1) is 6.92 Å². The Morgan fingerprint density at radius 1 is 1.59 bits per heavy atom. The number of rotatable bonds is 7. The van der Waals surface area contributed by atoms with E-state index in [0.29, 0.717) is 13.2 Å². The van der Waals surface area contributed by atoms with Gasteiger partial charge in [-0.15, -0.1) is 0 Å². The number of hydrogen-bond donors (Lipinski definition) is 1. The minimum atomic E-state index is -0.0654. The summed E-state index contributed by atoms with van der Waals surface area (Å²) in [6.45, 7) is 5.98. The smallest absolute Gasteiger partial charge is 0.267 e. The lowest BCUT2D eigenvalue weighted by Gasteiger charge is -2.17. The van der Waals surface area contributed by atoms with E-state index in [4.69, 9.17) is 4.74 Å². The van der Waals surface area contributed by atoms with Crippen LogP contribution in [0.3, 0.4) is 0 Å². The Morgan fingerprint density at radius 3 is 2.94 bits per heavy atom. The van der Waals surface area contributed by atoms with Gasteiger partial charge in [0.25, 0.3) is 5.56 Å². The lowest BCUT2D eigenvalue weighted by atomic mass is 10.3. The van der Waals surface area contributed by atoms with Crippen LogP contribution in [0.4, 0.5) is 0 Å². The first-order valence-corrected chi connectivity index (χ1v) is 5.93. The number of aromatic nitrogens is 2. The Balaban J connectivity index is 2.67. The average Bonchev–Trinajstić information content (AvgIpc) is 2.29. The molecule has 1 unspecified atom stereocenters. The number of ether oxygens (including phenoxy) is 1. The second-order valence-electron chi connectivity index (χ2n) is 4.16. The highest BCUT2D eigenvalue weighted by Crippen LogP contribution is 1.92. The molecule has 0 aromatic carbocycles. The van der Waals surface area contributed by atoms with E-state index in [1.165, 1.54) is 4.68 Å². The van der Waals surface area contributed by atoms with Crippen molar-refractivity contribution in [3.63, 3.8) is 0 Å². The first kappa shape index (κ1) is 13.9. The molecule has 1 atom stereocenters. The van der Waals surface area contributed by atoms with E-state index in [-0.39, 0.29) is 11.6 Å². The van der Waals surface area contributed by atoms with E-state index in [9.17, 15) is 4.79 Å². The van der Waals surface area contributed by atoms with Crippen LogP contribution in [0.25, 0.3) is 0 Å². The number of nitrogens with one attached hydrogen (secondary N) is 1. The minimum Gasteiger partial charge on any atom is -0.383 e. The number of aryl methyl sites for hydroxylation is 1. The Labute approximate surface area is 102 Å². The summed E-state index contributed by atoms with van der Waals surface area (Å²) in [5, 5.41) is 7.45. The molecule has 17 heavy (non-hydrogen) atoms. The highest BCUT2D eigenvalue weighted by molar-refractivity contribution is 5.02. The summed E-state index contributed by atoms with van der Waals surface area (Å²) >= 11 is 0. The van der Waals surface area contributed by atoms with Crippen molar-refractivity contribution in [2.24, 2.45) is 0 Å². The largest absolute Gasteiger partial charge is 0.383 e. The lowest BCUT2D eigenvalue weighted by Crippen LogP contribution is -2.40. The third-order valence-electron chi connectivity index (χ3n) is 2.45. The highest BCUT2D eigenvalue weighted by atomic mass is 16.5. The van der Waals surface area contributed by atoms with E-state index in [0.717, 1.165) is 18.5 Å². The van der Waals surface area contributed by atoms with Crippen LogP contribution >= 0.6 is 0 Å². The molecule has 0 radical (unpaired) electrons. The van der Waals surface area contributed by atoms with Gasteiger partial charge in [0.15, 0.2) is 0 Å². The molecule has 0 spiro atoms. The summed E-state index contributed by atoms with van der Waals surface area (Å²) in [6.07, 6.45) is 2.75. The zero-order chi connectivity index (χ0) is 12.7. The maximum absolute atomic E-state index is 11.7. The second-order valence-corrected chi connectivity index (χ2v) is 4.16. The van der Waals surface area contributed by atoms with Crippen molar-refractivity contribution < 1.29 is 4.74 Å². The highest BCUT2D eigenvalue weighted by Gasteiger charge is 2.09. The fourth-order valence-electron chi connectivity index (χ4n) is 1.60. The first-order valence-electron chi connectivity index (χ1n) is 5.93. The fourth-order valence-corrected chi connectivity index (χ4v) is 1.60. The summed E-state index contributed by atoms with van der Waals surface area (Å²) in [5.74, 6) is 0. The van der Waals surface area contributed by atoms with Crippen molar-refractivity contribution in [3.8, 4) is 0 Å². The molecule has 5 nitrogen and oxygen atoms in total. The van der Waals surface area contributed by atoms with E-state index >= 15 is 0 Å². The van der Waals surface area contributed by atoms with E-state index in [2.05, 4.69) is 17.3 Å². The summed E-state index contributed by atoms with van der Waals surface area (Å²) in [6, 6.07) is 1.71. The molecule has 96 valence electrons. The molecule has 1 aromatic heterocycles. The topological polar surface area (TPSA) is 56.1 Å². The van der Waals surface area contributed by atoms with Gasteiger partial charge in [0.05, 0.1) is 25.4 Å². The molecule has 1 aromatic rings. The van der Waals surface area contributed by atoms with Gasteiger partial charge in [-0.25, -0.2) is 4.68 Å². The second kappa shape index (κ2) is 7.19. The monoisotopic (exact) mass is 239 g/mol. The summed E-state index contributed by atoms with van der Waals surface area (Å²) in [5.41, 5.74) is 0.820. The van der Waals surface area contributed by atoms with E-state index < -0.39 is 0 Å². The normalized spacial score (nSPS) is 12.6. The van der Waals surface area contributed by atoms with Gasteiger partial charge in [-0.05, 0) is 25.5 Å². The quantitative estimate of drug-likeness (QED) is 0.755. The molecular formula is C12H21N3O2. The predicted octanol–water partition coefficient (Wildman–Crippen LogP) is 0.566. The number of methoxy groups -OCH3 is 1. The van der Waals surface area contributed by atoms with Crippen LogP contribution in [-0.2, 0) is 11.3 Å². The SMILES string of the molecule is CCCNC(COC)Cn1ncc(C)cc1=O. The molecule has 0 aliphatic carbocycles. The lowest BCUT2D eigenvalue weighted by molar-refractivity contribution is 0.156. The van der Waals surface area contributed by atoms with Gasteiger partial charge >= 0.3 is 0 Å². The molecule has 0 saturated heterocycles. The maximum Gasteiger partial charge on any atom is 0.267 e. The minimum absolute atomic E-state index is 0.0654. The Hall–Kier alpha value is -1.20. The molecule has 0 fully saturated rings. The van der Waals surface area contributed by atoms with Crippen LogP contribution in [0.2, 0.25) is 0 Å². The molecule has 1 rings (SSSR count). The average molecular weight is 239 g/mol. The van der Waals surface area contributed by atoms with Gasteiger partial charge < -0.3 is 10.1 Å². The van der Waals surface area contributed by atoms with Gasteiger partial charge in [-0.1, -0.05) is 6.92 Å².